The van der Waals surface area contributed by atoms with Crippen LogP contribution in [0.1, 0.15) is 13.8 Å². The molecule has 0 aliphatic carbocycles. The highest BCUT2D eigenvalue weighted by Gasteiger charge is 2.44. The second kappa shape index (κ2) is 11.7. The van der Waals surface area contributed by atoms with Gasteiger partial charge in [-0.1, -0.05) is 12.1 Å². The normalized spacial score (nSPS) is 16.8. The average Bonchev–Trinajstić information content (AvgIpc) is 3.58. The van der Waals surface area contributed by atoms with E-state index >= 15 is 0 Å². The summed E-state index contributed by atoms with van der Waals surface area (Å²) >= 11 is 1.02. The second-order valence-electron chi connectivity index (χ2n) is 10.2. The molecule has 1 unspecified atom stereocenters. The molecule has 0 saturated carbocycles. The van der Waals surface area contributed by atoms with Gasteiger partial charge in [0.25, 0.3) is 0 Å². The molecule has 218 valence electrons. The van der Waals surface area contributed by atoms with Gasteiger partial charge in [0.05, 0.1) is 21.5 Å². The number of hydrogen-bond donors (Lipinski definition) is 3. The zero-order valence-electron chi connectivity index (χ0n) is 22.7. The van der Waals surface area contributed by atoms with Crippen molar-refractivity contribution >= 4 is 39.2 Å². The fourth-order valence-corrected chi connectivity index (χ4v) is 7.60. The number of sulfone groups is 1. The third-order valence-electron chi connectivity index (χ3n) is 7.22. The first kappa shape index (κ1) is 29.5. The van der Waals surface area contributed by atoms with Gasteiger partial charge in [-0.15, -0.1) is 11.3 Å². The fourth-order valence-electron chi connectivity index (χ4n) is 4.89. The standard InChI is InChI=1S/C29H28FN5O5S2/c1-29(2)27(23(38)16-36)33-17-35(29)13-12-31-28-32-15-22(18-4-3-5-20(37)14-18)26(34-28)24-10-11-25(41-24)42(39,40)21-8-6-19(30)7-9-21/h3-11,14-16,27,33,37H,12-13,17H2,1-2H3,(H,31,32,34). The van der Waals surface area contributed by atoms with Crippen LogP contribution in [-0.2, 0) is 19.4 Å². The highest BCUT2D eigenvalue weighted by atomic mass is 32.2. The smallest absolute Gasteiger partial charge is 0.223 e. The van der Waals surface area contributed by atoms with E-state index in [4.69, 9.17) is 4.98 Å². The molecule has 0 bridgehead atoms. The van der Waals surface area contributed by atoms with E-state index in [-0.39, 0.29) is 14.9 Å². The number of aromatic nitrogens is 2. The van der Waals surface area contributed by atoms with Gasteiger partial charge < -0.3 is 10.4 Å². The first-order valence-electron chi connectivity index (χ1n) is 13.0. The van der Waals surface area contributed by atoms with Crippen molar-refractivity contribution in [2.24, 2.45) is 0 Å². The van der Waals surface area contributed by atoms with Crippen LogP contribution in [0.25, 0.3) is 21.7 Å². The summed E-state index contributed by atoms with van der Waals surface area (Å²) in [4.78, 5) is 34.8. The molecule has 0 amide bonds. The number of halogens is 1. The van der Waals surface area contributed by atoms with E-state index in [1.165, 1.54) is 18.2 Å². The number of nitrogens with one attached hydrogen (secondary N) is 2. The van der Waals surface area contributed by atoms with Crippen LogP contribution < -0.4 is 10.6 Å². The minimum Gasteiger partial charge on any atom is -0.508 e. The number of anilines is 1. The molecule has 0 spiro atoms. The van der Waals surface area contributed by atoms with Crippen molar-refractivity contribution in [3.05, 3.63) is 72.7 Å². The van der Waals surface area contributed by atoms with Crippen molar-refractivity contribution in [2.45, 2.75) is 34.5 Å². The Balaban J connectivity index is 1.42. The van der Waals surface area contributed by atoms with Gasteiger partial charge in [-0.3, -0.25) is 19.8 Å². The fraction of sp³-hybridized carbons (Fsp3) is 0.241. The van der Waals surface area contributed by atoms with E-state index < -0.39 is 33.0 Å². The average molecular weight is 610 g/mol. The van der Waals surface area contributed by atoms with E-state index in [2.05, 4.69) is 15.6 Å². The van der Waals surface area contributed by atoms with Crippen LogP contribution in [0.5, 0.6) is 5.75 Å². The number of carbonyl (C=O) groups is 2. The lowest BCUT2D eigenvalue weighted by Crippen LogP contribution is -2.51. The predicted octanol–water partition coefficient (Wildman–Crippen LogP) is 3.74. The molecule has 10 nitrogen and oxygen atoms in total. The molecular weight excluding hydrogens is 581 g/mol. The Bertz CT molecular complexity index is 1740. The van der Waals surface area contributed by atoms with Crippen LogP contribution in [0.15, 0.2) is 76.0 Å². The van der Waals surface area contributed by atoms with E-state index in [9.17, 15) is 27.5 Å². The number of Topliss-reactive ketones (excluding diaryl/α,β-unsaturated/α-hetero) is 1. The molecular formula is C29H28FN5O5S2. The maximum absolute atomic E-state index is 13.4. The molecule has 42 heavy (non-hydrogen) atoms. The van der Waals surface area contributed by atoms with Crippen molar-refractivity contribution in [3.8, 4) is 27.4 Å². The number of rotatable bonds is 10. The maximum atomic E-state index is 13.4. The van der Waals surface area contributed by atoms with Gasteiger partial charge in [0.15, 0.2) is 6.29 Å². The van der Waals surface area contributed by atoms with Gasteiger partial charge in [0, 0.05) is 37.1 Å². The first-order valence-corrected chi connectivity index (χ1v) is 15.3. The number of thiophene rings is 1. The maximum Gasteiger partial charge on any atom is 0.223 e. The van der Waals surface area contributed by atoms with Crippen LogP contribution in [0, 0.1) is 5.82 Å². The lowest BCUT2D eigenvalue weighted by molar-refractivity contribution is -0.132. The molecule has 2 aromatic heterocycles. The summed E-state index contributed by atoms with van der Waals surface area (Å²) in [5.41, 5.74) is 1.12. The van der Waals surface area contributed by atoms with Crippen molar-refractivity contribution in [1.82, 2.24) is 20.2 Å². The zero-order chi connectivity index (χ0) is 30.1. The Labute approximate surface area is 246 Å². The Morgan fingerprint density at radius 2 is 1.98 bits per heavy atom. The minimum absolute atomic E-state index is 0.0213. The molecule has 3 N–H and O–H groups in total. The van der Waals surface area contributed by atoms with Crippen LogP contribution in [-0.4, -0.2) is 71.8 Å². The number of aldehydes is 1. The highest BCUT2D eigenvalue weighted by Crippen LogP contribution is 2.38. The Hall–Kier alpha value is -4.04. The topological polar surface area (TPSA) is 142 Å². The minimum atomic E-state index is -3.89. The molecule has 3 heterocycles. The summed E-state index contributed by atoms with van der Waals surface area (Å²) in [6, 6.07) is 13.8. The first-order chi connectivity index (χ1) is 20.0. The lowest BCUT2D eigenvalue weighted by atomic mass is 9.92. The van der Waals surface area contributed by atoms with E-state index in [1.54, 1.807) is 36.5 Å². The highest BCUT2D eigenvalue weighted by molar-refractivity contribution is 7.93. The van der Waals surface area contributed by atoms with Crippen LogP contribution >= 0.6 is 11.3 Å². The van der Waals surface area contributed by atoms with Gasteiger partial charge in [0.2, 0.25) is 21.6 Å². The number of phenols is 1. The van der Waals surface area contributed by atoms with Gasteiger partial charge in [-0.05, 0) is 67.9 Å². The number of carbonyl (C=O) groups excluding carboxylic acids is 2. The number of aromatic hydroxyl groups is 1. The number of hydrogen-bond acceptors (Lipinski definition) is 11. The van der Waals surface area contributed by atoms with Crippen molar-refractivity contribution in [1.29, 1.82) is 0 Å². The number of nitrogens with zero attached hydrogens (tertiary/aromatic N) is 3. The second-order valence-corrected chi connectivity index (χ2v) is 13.5. The molecule has 1 aliphatic heterocycles. The van der Waals surface area contributed by atoms with Gasteiger partial charge in [0.1, 0.15) is 15.8 Å². The van der Waals surface area contributed by atoms with E-state index in [0.29, 0.717) is 53.7 Å². The summed E-state index contributed by atoms with van der Waals surface area (Å²) in [5.74, 6) is -0.672. The molecule has 1 saturated heterocycles. The zero-order valence-corrected chi connectivity index (χ0v) is 24.4. The number of ketones is 1. The number of benzene rings is 2. The van der Waals surface area contributed by atoms with E-state index in [0.717, 1.165) is 23.5 Å². The third-order valence-corrected chi connectivity index (χ3v) is 10.6. The van der Waals surface area contributed by atoms with E-state index in [1.807, 2.05) is 18.7 Å². The summed E-state index contributed by atoms with van der Waals surface area (Å²) in [6.45, 7) is 5.17. The quantitative estimate of drug-likeness (QED) is 0.138. The molecule has 1 aliphatic rings. The third kappa shape index (κ3) is 5.81. The SMILES string of the molecule is CC1(C)C(C(=O)C=O)NCN1CCNc1ncc(-c2cccc(O)c2)c(-c2ccc(S(=O)(=O)c3ccc(F)cc3)s2)n1. The summed E-state index contributed by atoms with van der Waals surface area (Å²) in [6.07, 6.45) is 1.94. The van der Waals surface area contributed by atoms with Gasteiger partial charge in [-0.2, -0.15) is 0 Å². The summed E-state index contributed by atoms with van der Waals surface area (Å²) < 4.78 is 39.9. The van der Waals surface area contributed by atoms with Crippen LogP contribution in [0.4, 0.5) is 10.3 Å². The van der Waals surface area contributed by atoms with Crippen LogP contribution in [0.2, 0.25) is 0 Å². The number of phenolic OH excluding ortho intramolecular Hbond substituents is 1. The Kier molecular flexibility index (Phi) is 8.19. The van der Waals surface area contributed by atoms with Crippen LogP contribution in [0.3, 0.4) is 0 Å². The lowest BCUT2D eigenvalue weighted by Gasteiger charge is -2.33. The molecule has 5 rings (SSSR count). The molecule has 1 atom stereocenters. The van der Waals surface area contributed by atoms with Gasteiger partial charge in [-0.25, -0.2) is 22.8 Å². The predicted molar refractivity (Wildman–Crippen MR) is 156 cm³/mol. The summed E-state index contributed by atoms with van der Waals surface area (Å²) in [7, 11) is -3.89. The Morgan fingerprint density at radius 1 is 1.21 bits per heavy atom. The largest absolute Gasteiger partial charge is 0.508 e. The molecule has 13 heteroatoms. The Morgan fingerprint density at radius 3 is 2.69 bits per heavy atom. The van der Waals surface area contributed by atoms with Crippen molar-refractivity contribution in [2.75, 3.05) is 25.1 Å². The monoisotopic (exact) mass is 609 g/mol. The van der Waals surface area contributed by atoms with Crippen molar-refractivity contribution in [3.63, 3.8) is 0 Å². The van der Waals surface area contributed by atoms with Crippen molar-refractivity contribution < 1.29 is 27.5 Å². The molecule has 0 radical (unpaired) electrons. The summed E-state index contributed by atoms with van der Waals surface area (Å²) in [5, 5.41) is 16.3. The van der Waals surface area contributed by atoms with Gasteiger partial charge >= 0.3 is 0 Å². The molecule has 2 aromatic carbocycles. The molecule has 4 aromatic rings. The molecule has 1 fully saturated rings.